The molecule has 1 aromatic carbocycles. The molecule has 3 rings (SSSR count). The van der Waals surface area contributed by atoms with Crippen LogP contribution in [0.4, 0.5) is 10.5 Å². The molecule has 2 bridgehead atoms. The molecule has 2 saturated heterocycles. The van der Waals surface area contributed by atoms with Crippen LogP contribution in [0, 0.1) is 6.92 Å². The van der Waals surface area contributed by atoms with Gasteiger partial charge in [0.05, 0.1) is 17.8 Å². The molecule has 0 aromatic heterocycles. The van der Waals surface area contributed by atoms with Crippen molar-refractivity contribution >= 4 is 17.7 Å². The van der Waals surface area contributed by atoms with Gasteiger partial charge in [-0.05, 0) is 43.5 Å². The number of nitrogens with zero attached hydrogens (tertiary/aromatic N) is 1. The zero-order chi connectivity index (χ0) is 15.0. The number of hydrogen-bond donors (Lipinski definition) is 2. The smallest absolute Gasteiger partial charge is 0.335 e. The number of amides is 2. The van der Waals surface area contributed by atoms with Gasteiger partial charge in [-0.2, -0.15) is 0 Å². The van der Waals surface area contributed by atoms with E-state index in [1.807, 2.05) is 0 Å². The first kappa shape index (κ1) is 13.9. The van der Waals surface area contributed by atoms with Crippen LogP contribution in [0.15, 0.2) is 18.2 Å². The minimum Gasteiger partial charge on any atom is -0.478 e. The maximum absolute atomic E-state index is 12.3. The summed E-state index contributed by atoms with van der Waals surface area (Å²) in [6.07, 6.45) is 2.35. The van der Waals surface area contributed by atoms with E-state index in [-0.39, 0.29) is 23.8 Å². The number of aromatic carboxylic acids is 1. The Labute approximate surface area is 122 Å². The topological polar surface area (TPSA) is 78.9 Å². The molecule has 2 unspecified atom stereocenters. The lowest BCUT2D eigenvalue weighted by Gasteiger charge is -2.32. The van der Waals surface area contributed by atoms with Gasteiger partial charge in [0.15, 0.2) is 0 Å². The number of carbonyl (C=O) groups is 2. The van der Waals surface area contributed by atoms with Crippen LogP contribution in [0.1, 0.15) is 28.8 Å². The van der Waals surface area contributed by atoms with Crippen LogP contribution in [0.25, 0.3) is 0 Å². The number of aryl methyl sites for hydroxylation is 1. The molecule has 6 nitrogen and oxygen atoms in total. The van der Waals surface area contributed by atoms with Gasteiger partial charge >= 0.3 is 12.0 Å². The molecule has 0 aliphatic carbocycles. The predicted octanol–water partition coefficient (Wildman–Crippen LogP) is 2.09. The first-order valence-electron chi connectivity index (χ1n) is 7.08. The number of urea groups is 1. The number of hydrogen-bond acceptors (Lipinski definition) is 3. The fraction of sp³-hybridized carbons (Fsp3) is 0.467. The number of benzene rings is 1. The lowest BCUT2D eigenvalue weighted by atomic mass is 10.1. The van der Waals surface area contributed by atoms with Crippen molar-refractivity contribution in [2.45, 2.75) is 32.0 Å². The van der Waals surface area contributed by atoms with E-state index < -0.39 is 5.97 Å². The van der Waals surface area contributed by atoms with Crippen LogP contribution in [0.3, 0.4) is 0 Å². The van der Waals surface area contributed by atoms with Crippen LogP contribution >= 0.6 is 0 Å². The maximum Gasteiger partial charge on any atom is 0.335 e. The zero-order valence-corrected chi connectivity index (χ0v) is 11.8. The molecule has 2 aliphatic rings. The molecule has 0 saturated carbocycles. The lowest BCUT2D eigenvalue weighted by Crippen LogP contribution is -2.47. The molecule has 2 amide bonds. The van der Waals surface area contributed by atoms with Crippen molar-refractivity contribution in [3.63, 3.8) is 0 Å². The van der Waals surface area contributed by atoms with Crippen molar-refractivity contribution in [3.05, 3.63) is 29.3 Å². The van der Waals surface area contributed by atoms with Crippen LogP contribution in [0.2, 0.25) is 0 Å². The molecule has 2 atom stereocenters. The molecule has 2 aliphatic heterocycles. The molecule has 2 fully saturated rings. The summed E-state index contributed by atoms with van der Waals surface area (Å²) < 4.78 is 5.70. The highest BCUT2D eigenvalue weighted by molar-refractivity contribution is 5.92. The number of likely N-dealkylation sites (tertiary alicyclic amines) is 1. The van der Waals surface area contributed by atoms with Gasteiger partial charge in [-0.3, -0.25) is 0 Å². The Bertz CT molecular complexity index is 575. The molecule has 2 heterocycles. The van der Waals surface area contributed by atoms with Gasteiger partial charge in [0, 0.05) is 18.8 Å². The molecular formula is C15H18N2O4. The number of carbonyl (C=O) groups excluding carboxylic acids is 1. The van der Waals surface area contributed by atoms with E-state index in [0.717, 1.165) is 12.8 Å². The van der Waals surface area contributed by atoms with E-state index in [2.05, 4.69) is 5.32 Å². The Hall–Kier alpha value is -2.08. The van der Waals surface area contributed by atoms with E-state index in [0.29, 0.717) is 24.3 Å². The Balaban J connectivity index is 1.67. The predicted molar refractivity (Wildman–Crippen MR) is 76.6 cm³/mol. The number of rotatable bonds is 2. The third kappa shape index (κ3) is 2.85. The van der Waals surface area contributed by atoms with Gasteiger partial charge in [0.25, 0.3) is 0 Å². The fourth-order valence-electron chi connectivity index (χ4n) is 2.96. The molecule has 0 spiro atoms. The van der Waals surface area contributed by atoms with Crippen molar-refractivity contribution in [2.75, 3.05) is 18.4 Å². The Kier molecular flexibility index (Phi) is 3.55. The van der Waals surface area contributed by atoms with Crippen molar-refractivity contribution in [1.82, 2.24) is 4.90 Å². The van der Waals surface area contributed by atoms with E-state index in [9.17, 15) is 9.59 Å². The molecule has 2 N–H and O–H groups in total. The summed E-state index contributed by atoms with van der Waals surface area (Å²) in [5.74, 6) is -0.963. The maximum atomic E-state index is 12.3. The minimum absolute atomic E-state index is 0.155. The average Bonchev–Trinajstić information content (AvgIpc) is 2.77. The normalized spacial score (nSPS) is 24.0. The van der Waals surface area contributed by atoms with Gasteiger partial charge in [-0.1, -0.05) is 0 Å². The van der Waals surface area contributed by atoms with Crippen LogP contribution in [0.5, 0.6) is 0 Å². The number of fused-ring (bicyclic) bond motifs is 2. The van der Waals surface area contributed by atoms with Crippen LogP contribution < -0.4 is 5.32 Å². The molecule has 112 valence electrons. The highest BCUT2D eigenvalue weighted by atomic mass is 16.5. The Morgan fingerprint density at radius 1 is 1.29 bits per heavy atom. The number of carboxylic acids is 1. The first-order valence-corrected chi connectivity index (χ1v) is 7.08. The number of morpholine rings is 1. The molecule has 1 aromatic rings. The summed E-state index contributed by atoms with van der Waals surface area (Å²) in [6, 6.07) is 4.65. The third-order valence-corrected chi connectivity index (χ3v) is 4.04. The van der Waals surface area contributed by atoms with Crippen LogP contribution in [-0.2, 0) is 4.74 Å². The SMILES string of the molecule is Cc1cc(NC(=O)N2CC3CCC(C2)O3)ccc1C(=O)O. The summed E-state index contributed by atoms with van der Waals surface area (Å²) in [6.45, 7) is 2.96. The monoisotopic (exact) mass is 290 g/mol. The molecule has 21 heavy (non-hydrogen) atoms. The van der Waals surface area contributed by atoms with Gasteiger partial charge in [-0.25, -0.2) is 9.59 Å². The van der Waals surface area contributed by atoms with E-state index in [1.54, 1.807) is 24.0 Å². The van der Waals surface area contributed by atoms with Gasteiger partial charge < -0.3 is 20.1 Å². The molecule has 6 heteroatoms. The van der Waals surface area contributed by atoms with Gasteiger partial charge in [0.1, 0.15) is 0 Å². The number of nitrogens with one attached hydrogen (secondary N) is 1. The van der Waals surface area contributed by atoms with Gasteiger partial charge in [0.2, 0.25) is 0 Å². The second-order valence-electron chi connectivity index (χ2n) is 5.63. The van der Waals surface area contributed by atoms with E-state index in [4.69, 9.17) is 9.84 Å². The first-order chi connectivity index (χ1) is 10.0. The highest BCUT2D eigenvalue weighted by Gasteiger charge is 2.35. The number of carboxylic acid groups (broad SMARTS) is 1. The number of ether oxygens (including phenoxy) is 1. The second kappa shape index (κ2) is 5.37. The average molecular weight is 290 g/mol. The summed E-state index contributed by atoms with van der Waals surface area (Å²) in [5, 5.41) is 11.8. The minimum atomic E-state index is -0.963. The summed E-state index contributed by atoms with van der Waals surface area (Å²) >= 11 is 0. The second-order valence-corrected chi connectivity index (χ2v) is 5.63. The van der Waals surface area contributed by atoms with Crippen molar-refractivity contribution in [2.24, 2.45) is 0 Å². The van der Waals surface area contributed by atoms with E-state index in [1.165, 1.54) is 6.07 Å². The zero-order valence-electron chi connectivity index (χ0n) is 11.8. The third-order valence-electron chi connectivity index (χ3n) is 4.04. The highest BCUT2D eigenvalue weighted by Crippen LogP contribution is 2.26. The summed E-state index contributed by atoms with van der Waals surface area (Å²) in [5.41, 5.74) is 1.49. The fourth-order valence-corrected chi connectivity index (χ4v) is 2.96. The van der Waals surface area contributed by atoms with Crippen molar-refractivity contribution < 1.29 is 19.4 Å². The van der Waals surface area contributed by atoms with Gasteiger partial charge in [-0.15, -0.1) is 0 Å². The largest absolute Gasteiger partial charge is 0.478 e. The van der Waals surface area contributed by atoms with Crippen LogP contribution in [-0.4, -0.2) is 47.3 Å². The lowest BCUT2D eigenvalue weighted by molar-refractivity contribution is -0.0219. The standard InChI is InChI=1S/C15H18N2O4/c1-9-6-10(2-5-13(9)14(18)19)16-15(20)17-7-11-3-4-12(8-17)21-11/h2,5-6,11-12H,3-4,7-8H2,1H3,(H,16,20)(H,18,19). The molecular weight excluding hydrogens is 272 g/mol. The number of anilines is 1. The quantitative estimate of drug-likeness (QED) is 0.874. The Morgan fingerprint density at radius 2 is 1.95 bits per heavy atom. The summed E-state index contributed by atoms with van der Waals surface area (Å²) in [7, 11) is 0. The van der Waals surface area contributed by atoms with E-state index >= 15 is 0 Å². The van der Waals surface area contributed by atoms with Crippen molar-refractivity contribution in [1.29, 1.82) is 0 Å². The molecule has 0 radical (unpaired) electrons. The Morgan fingerprint density at radius 3 is 2.52 bits per heavy atom. The summed E-state index contributed by atoms with van der Waals surface area (Å²) in [4.78, 5) is 25.0. The van der Waals surface area contributed by atoms with Crippen molar-refractivity contribution in [3.8, 4) is 0 Å².